The molecule has 156 valence electrons. The number of aromatic nitrogens is 2. The molecule has 30 heavy (non-hydrogen) atoms. The van der Waals surface area contributed by atoms with Crippen molar-refractivity contribution in [3.8, 4) is 0 Å². The number of benzene rings is 1. The zero-order chi connectivity index (χ0) is 21.3. The highest BCUT2D eigenvalue weighted by atomic mass is 32.1. The van der Waals surface area contributed by atoms with Crippen molar-refractivity contribution in [2.45, 2.75) is 26.4 Å². The molecule has 0 aliphatic carbocycles. The Morgan fingerprint density at radius 3 is 2.67 bits per heavy atom. The van der Waals surface area contributed by atoms with Crippen molar-refractivity contribution < 1.29 is 9.21 Å². The Hall–Kier alpha value is -2.90. The van der Waals surface area contributed by atoms with Crippen LogP contribution in [0.3, 0.4) is 0 Å². The number of hydrogen-bond donors (Lipinski definition) is 1. The third kappa shape index (κ3) is 4.17. The van der Waals surface area contributed by atoms with E-state index < -0.39 is 0 Å². The maximum atomic E-state index is 12.8. The summed E-state index contributed by atoms with van der Waals surface area (Å²) in [4.78, 5) is 16.6. The number of thiophene rings is 1. The fourth-order valence-corrected chi connectivity index (χ4v) is 4.57. The molecule has 1 atom stereocenters. The van der Waals surface area contributed by atoms with E-state index in [1.165, 1.54) is 22.5 Å². The van der Waals surface area contributed by atoms with Crippen LogP contribution < -0.4 is 5.32 Å². The van der Waals surface area contributed by atoms with Crippen LogP contribution in [0.2, 0.25) is 0 Å². The number of hydrogen-bond acceptors (Lipinski definition) is 5. The third-order valence-electron chi connectivity index (χ3n) is 5.24. The summed E-state index contributed by atoms with van der Waals surface area (Å²) in [6.45, 7) is 5.23. The Balaban J connectivity index is 1.51. The average Bonchev–Trinajstić information content (AvgIpc) is 3.43. The number of amides is 1. The second-order valence-corrected chi connectivity index (χ2v) is 8.79. The van der Waals surface area contributed by atoms with Gasteiger partial charge >= 0.3 is 0 Å². The topological polar surface area (TPSA) is 63.3 Å². The van der Waals surface area contributed by atoms with Gasteiger partial charge in [-0.1, -0.05) is 29.8 Å². The molecule has 0 fully saturated rings. The van der Waals surface area contributed by atoms with Gasteiger partial charge in [0.05, 0.1) is 29.4 Å². The third-order valence-corrected chi connectivity index (χ3v) is 6.38. The summed E-state index contributed by atoms with van der Waals surface area (Å²) in [5.41, 5.74) is 3.37. The van der Waals surface area contributed by atoms with Crippen LogP contribution in [0.15, 0.2) is 53.1 Å². The Kier molecular flexibility index (Phi) is 5.74. The first-order valence-electron chi connectivity index (χ1n) is 9.93. The Bertz CT molecular complexity index is 1140. The highest BCUT2D eigenvalue weighted by Crippen LogP contribution is 2.29. The van der Waals surface area contributed by atoms with Gasteiger partial charge in [-0.3, -0.25) is 14.4 Å². The molecule has 0 radical (unpaired) electrons. The monoisotopic (exact) mass is 422 g/mol. The first-order valence-corrected chi connectivity index (χ1v) is 10.7. The zero-order valence-corrected chi connectivity index (χ0v) is 18.5. The van der Waals surface area contributed by atoms with E-state index in [0.29, 0.717) is 18.0 Å². The summed E-state index contributed by atoms with van der Waals surface area (Å²) >= 11 is 1.48. The van der Waals surface area contributed by atoms with Crippen LogP contribution in [0.1, 0.15) is 38.3 Å². The molecule has 6 nitrogen and oxygen atoms in total. The van der Waals surface area contributed by atoms with Crippen LogP contribution >= 0.6 is 11.3 Å². The van der Waals surface area contributed by atoms with E-state index in [0.717, 1.165) is 21.7 Å². The number of carbonyl (C=O) groups is 1. The van der Waals surface area contributed by atoms with Gasteiger partial charge in [0.15, 0.2) is 0 Å². The molecule has 0 spiro atoms. The van der Waals surface area contributed by atoms with Gasteiger partial charge in [-0.2, -0.15) is 5.10 Å². The van der Waals surface area contributed by atoms with Crippen molar-refractivity contribution in [1.82, 2.24) is 20.0 Å². The van der Waals surface area contributed by atoms with E-state index in [9.17, 15) is 4.79 Å². The van der Waals surface area contributed by atoms with Gasteiger partial charge in [-0.15, -0.1) is 11.3 Å². The number of carbonyl (C=O) groups excluding carboxylic acids is 1. The standard InChI is InChI=1S/C23H26N4O2S/c1-15-7-9-17(10-8-15)14-27-23-18(16(2)25-27)12-21(30-23)22(28)24-13-19(26(3)4)20-6-5-11-29-20/h5-12,19H,13-14H2,1-4H3,(H,24,28)/t19-/m1/s1. The normalized spacial score (nSPS) is 12.6. The molecular weight excluding hydrogens is 396 g/mol. The molecule has 0 aliphatic heterocycles. The lowest BCUT2D eigenvalue weighted by molar-refractivity contribution is 0.0943. The van der Waals surface area contributed by atoms with E-state index in [2.05, 4.69) is 41.6 Å². The Labute approximate surface area is 180 Å². The van der Waals surface area contributed by atoms with Gasteiger partial charge in [0.1, 0.15) is 10.6 Å². The van der Waals surface area contributed by atoms with Crippen molar-refractivity contribution in [3.63, 3.8) is 0 Å². The number of rotatable bonds is 7. The molecule has 0 bridgehead atoms. The molecule has 0 saturated carbocycles. The molecule has 1 N–H and O–H groups in total. The first-order chi connectivity index (χ1) is 14.4. The van der Waals surface area contributed by atoms with Crippen LogP contribution in [0, 0.1) is 13.8 Å². The summed E-state index contributed by atoms with van der Waals surface area (Å²) < 4.78 is 7.51. The molecule has 3 heterocycles. The van der Waals surface area contributed by atoms with Crippen LogP contribution in [-0.4, -0.2) is 41.2 Å². The molecule has 3 aromatic heterocycles. The lowest BCUT2D eigenvalue weighted by Crippen LogP contribution is -2.34. The van der Waals surface area contributed by atoms with Crippen LogP contribution in [0.4, 0.5) is 0 Å². The summed E-state index contributed by atoms with van der Waals surface area (Å²) in [6, 6.07) is 14.2. The quantitative estimate of drug-likeness (QED) is 0.480. The predicted molar refractivity (Wildman–Crippen MR) is 120 cm³/mol. The number of likely N-dealkylation sites (N-methyl/N-ethyl adjacent to an activating group) is 1. The fourth-order valence-electron chi connectivity index (χ4n) is 3.49. The molecule has 4 rings (SSSR count). The van der Waals surface area contributed by atoms with E-state index in [4.69, 9.17) is 4.42 Å². The molecular formula is C23H26N4O2S. The summed E-state index contributed by atoms with van der Waals surface area (Å²) in [6.07, 6.45) is 1.65. The molecule has 4 aromatic rings. The van der Waals surface area contributed by atoms with E-state index in [1.54, 1.807) is 6.26 Å². The molecule has 0 aliphatic rings. The van der Waals surface area contributed by atoms with E-state index in [-0.39, 0.29) is 11.9 Å². The van der Waals surface area contributed by atoms with E-state index >= 15 is 0 Å². The number of nitrogens with one attached hydrogen (secondary N) is 1. The molecule has 1 amide bonds. The fraction of sp³-hybridized carbons (Fsp3) is 0.304. The molecule has 1 aromatic carbocycles. The van der Waals surface area contributed by atoms with Gasteiger partial charge < -0.3 is 9.73 Å². The summed E-state index contributed by atoms with van der Waals surface area (Å²) in [5.74, 6) is 0.761. The lowest BCUT2D eigenvalue weighted by atomic mass is 10.1. The van der Waals surface area contributed by atoms with Crippen LogP contribution in [-0.2, 0) is 6.54 Å². The Morgan fingerprint density at radius 2 is 2.00 bits per heavy atom. The van der Waals surface area contributed by atoms with Crippen LogP contribution in [0.5, 0.6) is 0 Å². The maximum absolute atomic E-state index is 12.8. The summed E-state index contributed by atoms with van der Waals surface area (Å²) in [7, 11) is 3.95. The van der Waals surface area contributed by atoms with Crippen molar-refractivity contribution >= 4 is 27.5 Å². The minimum atomic E-state index is -0.0732. The number of nitrogens with zero attached hydrogens (tertiary/aromatic N) is 3. The van der Waals surface area contributed by atoms with Crippen molar-refractivity contribution in [3.05, 3.63) is 76.2 Å². The first kappa shape index (κ1) is 20.4. The van der Waals surface area contributed by atoms with Crippen LogP contribution in [0.25, 0.3) is 10.2 Å². The van der Waals surface area contributed by atoms with Gasteiger partial charge in [0.2, 0.25) is 0 Å². The highest BCUT2D eigenvalue weighted by Gasteiger charge is 2.20. The van der Waals surface area contributed by atoms with Gasteiger partial charge in [-0.25, -0.2) is 0 Å². The highest BCUT2D eigenvalue weighted by molar-refractivity contribution is 7.20. The van der Waals surface area contributed by atoms with E-state index in [1.807, 2.05) is 48.8 Å². The minimum absolute atomic E-state index is 0.0166. The second-order valence-electron chi connectivity index (χ2n) is 7.76. The van der Waals surface area contributed by atoms with Gasteiger partial charge in [-0.05, 0) is 51.7 Å². The van der Waals surface area contributed by atoms with Gasteiger partial charge in [0, 0.05) is 11.9 Å². The van der Waals surface area contributed by atoms with Crippen molar-refractivity contribution in [1.29, 1.82) is 0 Å². The van der Waals surface area contributed by atoms with Crippen molar-refractivity contribution in [2.75, 3.05) is 20.6 Å². The summed E-state index contributed by atoms with van der Waals surface area (Å²) in [5, 5.41) is 8.76. The molecule has 0 unspecified atom stereocenters. The second kappa shape index (κ2) is 8.45. The Morgan fingerprint density at radius 1 is 1.23 bits per heavy atom. The lowest BCUT2D eigenvalue weighted by Gasteiger charge is -2.22. The zero-order valence-electron chi connectivity index (χ0n) is 17.7. The van der Waals surface area contributed by atoms with Crippen molar-refractivity contribution in [2.24, 2.45) is 0 Å². The molecule has 7 heteroatoms. The maximum Gasteiger partial charge on any atom is 0.261 e. The largest absolute Gasteiger partial charge is 0.468 e. The number of fused-ring (bicyclic) bond motifs is 1. The smallest absolute Gasteiger partial charge is 0.261 e. The minimum Gasteiger partial charge on any atom is -0.468 e. The average molecular weight is 423 g/mol. The SMILES string of the molecule is Cc1ccc(Cn2nc(C)c3cc(C(=O)NC[C@H](c4ccco4)N(C)C)sc32)cc1. The molecule has 0 saturated heterocycles. The number of aryl methyl sites for hydroxylation is 2. The number of furan rings is 1. The predicted octanol–water partition coefficient (Wildman–Crippen LogP) is 4.39. The van der Waals surface area contributed by atoms with Gasteiger partial charge in [0.25, 0.3) is 5.91 Å².